The van der Waals surface area contributed by atoms with Crippen molar-refractivity contribution in [1.29, 1.82) is 0 Å². The van der Waals surface area contributed by atoms with Gasteiger partial charge in [0.05, 0.1) is 6.61 Å². The van der Waals surface area contributed by atoms with Gasteiger partial charge in [0.15, 0.2) is 5.79 Å². The van der Waals surface area contributed by atoms with E-state index in [1.807, 2.05) is 19.9 Å². The molecule has 2 aliphatic heterocycles. The number of ether oxygens (including phenoxy) is 3. The van der Waals surface area contributed by atoms with Crippen LogP contribution in [0.15, 0.2) is 24.3 Å². The molecule has 0 radical (unpaired) electrons. The summed E-state index contributed by atoms with van der Waals surface area (Å²) in [5.41, 5.74) is 2.47. The smallest absolute Gasteiger partial charge is 0.163 e. The van der Waals surface area contributed by atoms with E-state index in [1.165, 1.54) is 5.56 Å². The zero-order chi connectivity index (χ0) is 13.5. The average Bonchev–Trinajstić information content (AvgIpc) is 2.78. The Labute approximate surface area is 114 Å². The molecule has 3 nitrogen and oxygen atoms in total. The van der Waals surface area contributed by atoms with Crippen molar-refractivity contribution >= 4 is 6.08 Å². The van der Waals surface area contributed by atoms with E-state index < -0.39 is 5.79 Å². The Morgan fingerprint density at radius 2 is 2.16 bits per heavy atom. The molecule has 0 amide bonds. The van der Waals surface area contributed by atoms with E-state index in [-0.39, 0.29) is 12.2 Å². The minimum atomic E-state index is -0.506. The Balaban J connectivity index is 1.77. The predicted molar refractivity (Wildman–Crippen MR) is 74.2 cm³/mol. The predicted octanol–water partition coefficient (Wildman–Crippen LogP) is 3.17. The number of rotatable bonds is 2. The van der Waals surface area contributed by atoms with E-state index in [9.17, 15) is 0 Å². The molecule has 0 spiro atoms. The van der Waals surface area contributed by atoms with E-state index >= 15 is 0 Å². The second-order valence-corrected chi connectivity index (χ2v) is 5.53. The fourth-order valence-electron chi connectivity index (χ4n) is 2.52. The summed E-state index contributed by atoms with van der Waals surface area (Å²) in [6, 6.07) is 6.34. The van der Waals surface area contributed by atoms with Gasteiger partial charge in [-0.25, -0.2) is 0 Å². The number of hydrogen-bond acceptors (Lipinski definition) is 3. The maximum Gasteiger partial charge on any atom is 0.163 e. The van der Waals surface area contributed by atoms with Crippen LogP contribution in [0.3, 0.4) is 0 Å². The third-order valence-electron chi connectivity index (χ3n) is 3.61. The average molecular weight is 260 g/mol. The molecule has 19 heavy (non-hydrogen) atoms. The highest BCUT2D eigenvalue weighted by molar-refractivity contribution is 5.61. The van der Waals surface area contributed by atoms with E-state index in [2.05, 4.69) is 31.2 Å². The molecule has 0 N–H and O–H groups in total. The molecule has 102 valence electrons. The highest BCUT2D eigenvalue weighted by Crippen LogP contribution is 2.32. The number of hydrogen-bond donors (Lipinski definition) is 0. The first-order chi connectivity index (χ1) is 9.07. The Bertz CT molecular complexity index is 505. The standard InChI is InChI=1S/C16H20O3/c1-4-11-5-7-13-12(9-11)6-8-14(18-13)15-10-17-16(2,3)19-15/h5-9,14-15H,4,10H2,1-3H3/t14?,15-/m0/s1. The van der Waals surface area contributed by atoms with Crippen molar-refractivity contribution in [2.75, 3.05) is 6.61 Å². The Morgan fingerprint density at radius 3 is 2.84 bits per heavy atom. The van der Waals surface area contributed by atoms with Crippen LogP contribution >= 0.6 is 0 Å². The van der Waals surface area contributed by atoms with Crippen LogP contribution < -0.4 is 4.74 Å². The van der Waals surface area contributed by atoms with Crippen molar-refractivity contribution in [2.24, 2.45) is 0 Å². The first-order valence-corrected chi connectivity index (χ1v) is 6.87. The van der Waals surface area contributed by atoms with Crippen molar-refractivity contribution in [3.8, 4) is 5.75 Å². The van der Waals surface area contributed by atoms with Crippen molar-refractivity contribution in [3.05, 3.63) is 35.4 Å². The number of aryl methyl sites for hydroxylation is 1. The van der Waals surface area contributed by atoms with Gasteiger partial charge in [0.1, 0.15) is 18.0 Å². The molecule has 1 saturated heterocycles. The van der Waals surface area contributed by atoms with Gasteiger partial charge in [0.25, 0.3) is 0 Å². The molecule has 1 unspecified atom stereocenters. The molecule has 3 rings (SSSR count). The lowest BCUT2D eigenvalue weighted by atomic mass is 10.0. The molecular weight excluding hydrogens is 240 g/mol. The van der Waals surface area contributed by atoms with E-state index in [0.29, 0.717) is 6.61 Å². The van der Waals surface area contributed by atoms with Crippen LogP contribution in [0.5, 0.6) is 5.75 Å². The van der Waals surface area contributed by atoms with Crippen LogP contribution in [0.1, 0.15) is 31.9 Å². The summed E-state index contributed by atoms with van der Waals surface area (Å²) in [4.78, 5) is 0. The quantitative estimate of drug-likeness (QED) is 0.817. The lowest BCUT2D eigenvalue weighted by Gasteiger charge is -2.26. The first-order valence-electron chi connectivity index (χ1n) is 6.87. The molecule has 1 fully saturated rings. The molecule has 1 aromatic carbocycles. The summed E-state index contributed by atoms with van der Waals surface area (Å²) < 4.78 is 17.5. The third-order valence-corrected chi connectivity index (χ3v) is 3.61. The fraction of sp³-hybridized carbons (Fsp3) is 0.500. The van der Waals surface area contributed by atoms with Crippen molar-refractivity contribution in [3.63, 3.8) is 0 Å². The van der Waals surface area contributed by atoms with E-state index in [0.717, 1.165) is 17.7 Å². The fourth-order valence-corrected chi connectivity index (χ4v) is 2.52. The van der Waals surface area contributed by atoms with Gasteiger partial charge in [-0.1, -0.05) is 19.1 Å². The zero-order valence-corrected chi connectivity index (χ0v) is 11.7. The van der Waals surface area contributed by atoms with Gasteiger partial charge in [-0.2, -0.15) is 0 Å². The molecular formula is C16H20O3. The minimum absolute atomic E-state index is 0.0368. The Morgan fingerprint density at radius 1 is 1.32 bits per heavy atom. The van der Waals surface area contributed by atoms with Gasteiger partial charge in [-0.15, -0.1) is 0 Å². The van der Waals surface area contributed by atoms with Gasteiger partial charge in [-0.3, -0.25) is 0 Å². The molecule has 0 aromatic heterocycles. The van der Waals surface area contributed by atoms with Crippen molar-refractivity contribution < 1.29 is 14.2 Å². The van der Waals surface area contributed by atoms with Crippen molar-refractivity contribution in [2.45, 2.75) is 45.2 Å². The number of fused-ring (bicyclic) bond motifs is 1. The highest BCUT2D eigenvalue weighted by Gasteiger charge is 2.38. The van der Waals surface area contributed by atoms with E-state index in [1.54, 1.807) is 0 Å². The molecule has 0 bridgehead atoms. The molecule has 1 aromatic rings. The van der Waals surface area contributed by atoms with Crippen LogP contribution in [0.4, 0.5) is 0 Å². The van der Waals surface area contributed by atoms with Gasteiger partial charge in [0.2, 0.25) is 0 Å². The van der Waals surface area contributed by atoms with Gasteiger partial charge >= 0.3 is 0 Å². The topological polar surface area (TPSA) is 27.7 Å². The van der Waals surface area contributed by atoms with Gasteiger partial charge in [-0.05, 0) is 44.0 Å². The summed E-state index contributed by atoms with van der Waals surface area (Å²) in [5, 5.41) is 0. The maximum atomic E-state index is 6.02. The molecule has 2 aliphatic rings. The van der Waals surface area contributed by atoms with Crippen LogP contribution in [-0.4, -0.2) is 24.6 Å². The summed E-state index contributed by atoms with van der Waals surface area (Å²) >= 11 is 0. The summed E-state index contributed by atoms with van der Waals surface area (Å²) in [6.07, 6.45) is 5.12. The lowest BCUT2D eigenvalue weighted by Crippen LogP contribution is -2.34. The summed E-state index contributed by atoms with van der Waals surface area (Å²) in [7, 11) is 0. The normalized spacial score (nSPS) is 27.9. The summed E-state index contributed by atoms with van der Waals surface area (Å²) in [6.45, 7) is 6.59. The maximum absolute atomic E-state index is 6.02. The van der Waals surface area contributed by atoms with Crippen LogP contribution in [0.25, 0.3) is 6.08 Å². The minimum Gasteiger partial charge on any atom is -0.483 e. The summed E-state index contributed by atoms with van der Waals surface area (Å²) in [5.74, 6) is 0.423. The molecule has 0 saturated carbocycles. The second kappa shape index (κ2) is 4.66. The van der Waals surface area contributed by atoms with E-state index in [4.69, 9.17) is 14.2 Å². The SMILES string of the molecule is CCc1ccc2c(c1)C=CC([C@@H]1COC(C)(C)O1)O2. The zero-order valence-electron chi connectivity index (χ0n) is 11.7. The first kappa shape index (κ1) is 12.7. The lowest BCUT2D eigenvalue weighted by molar-refractivity contribution is -0.145. The molecule has 0 aliphatic carbocycles. The largest absolute Gasteiger partial charge is 0.483 e. The Kier molecular flexibility index (Phi) is 3.11. The molecule has 2 atom stereocenters. The van der Waals surface area contributed by atoms with Crippen LogP contribution in [0.2, 0.25) is 0 Å². The number of benzene rings is 1. The van der Waals surface area contributed by atoms with Crippen LogP contribution in [-0.2, 0) is 15.9 Å². The Hall–Kier alpha value is -1.32. The van der Waals surface area contributed by atoms with Gasteiger partial charge < -0.3 is 14.2 Å². The molecule has 2 heterocycles. The highest BCUT2D eigenvalue weighted by atomic mass is 16.7. The third kappa shape index (κ3) is 2.53. The van der Waals surface area contributed by atoms with Crippen molar-refractivity contribution in [1.82, 2.24) is 0 Å². The molecule has 3 heteroatoms. The van der Waals surface area contributed by atoms with Gasteiger partial charge in [0, 0.05) is 5.56 Å². The monoisotopic (exact) mass is 260 g/mol. The van der Waals surface area contributed by atoms with Crippen LogP contribution in [0, 0.1) is 0 Å². The second-order valence-electron chi connectivity index (χ2n) is 5.53.